The molecule has 1 aliphatic heterocycles. The Morgan fingerprint density at radius 3 is 2.62 bits per heavy atom. The number of rotatable bonds is 2. The zero-order valence-corrected chi connectivity index (χ0v) is 9.69. The van der Waals surface area contributed by atoms with Crippen molar-refractivity contribution >= 4 is 23.5 Å². The van der Waals surface area contributed by atoms with Crippen LogP contribution in [0.4, 0.5) is 0 Å². The van der Waals surface area contributed by atoms with E-state index in [1.165, 1.54) is 24.1 Å². The molecule has 1 heterocycles. The van der Waals surface area contributed by atoms with E-state index in [-0.39, 0.29) is 0 Å². The second-order valence-electron chi connectivity index (χ2n) is 4.23. The van der Waals surface area contributed by atoms with Gasteiger partial charge in [0.25, 0.3) is 0 Å². The van der Waals surface area contributed by atoms with Crippen molar-refractivity contribution in [3.63, 3.8) is 0 Å². The Balaban J connectivity index is 1.93. The molecule has 3 heteroatoms. The molecule has 1 aromatic rings. The van der Waals surface area contributed by atoms with Crippen molar-refractivity contribution in [3.05, 3.63) is 40.9 Å². The van der Waals surface area contributed by atoms with Gasteiger partial charge in [-0.1, -0.05) is 23.7 Å². The third kappa shape index (κ3) is 1.85. The van der Waals surface area contributed by atoms with Crippen LogP contribution < -0.4 is 0 Å². The number of hydrogen-bond acceptors (Lipinski definition) is 2. The molecule has 2 aliphatic rings. The molecule has 0 spiro atoms. The summed E-state index contributed by atoms with van der Waals surface area (Å²) in [5.41, 5.74) is 2.50. The second kappa shape index (κ2) is 3.95. The number of aliphatic imine (C=N–C) groups is 1. The van der Waals surface area contributed by atoms with Crippen LogP contribution in [0.5, 0.6) is 0 Å². The van der Waals surface area contributed by atoms with Crippen LogP contribution in [0.25, 0.3) is 5.70 Å². The quantitative estimate of drug-likeness (QED) is 0.765. The Bertz CT molecular complexity index is 444. The normalized spacial score (nSPS) is 19.8. The van der Waals surface area contributed by atoms with Crippen molar-refractivity contribution in [2.75, 3.05) is 6.67 Å². The summed E-state index contributed by atoms with van der Waals surface area (Å²) in [4.78, 5) is 6.69. The van der Waals surface area contributed by atoms with Crippen molar-refractivity contribution in [2.45, 2.75) is 18.9 Å². The van der Waals surface area contributed by atoms with Gasteiger partial charge in [-0.25, -0.2) is 0 Å². The standard InChI is InChI=1S/C13H13ClN2/c14-11-3-1-10(2-4-11)13-7-8-15-9-16(13)12-5-6-12/h1-4,7-8,12H,5-6,9H2. The molecule has 1 saturated carbocycles. The minimum absolute atomic E-state index is 0.694. The maximum atomic E-state index is 5.90. The Morgan fingerprint density at radius 1 is 1.19 bits per heavy atom. The molecule has 0 radical (unpaired) electrons. The van der Waals surface area contributed by atoms with E-state index in [9.17, 15) is 0 Å². The highest BCUT2D eigenvalue weighted by Crippen LogP contribution is 2.34. The van der Waals surface area contributed by atoms with Crippen molar-refractivity contribution in [1.29, 1.82) is 0 Å². The Kier molecular flexibility index (Phi) is 2.44. The molecule has 16 heavy (non-hydrogen) atoms. The van der Waals surface area contributed by atoms with Crippen LogP contribution in [-0.2, 0) is 0 Å². The molecule has 0 amide bonds. The number of benzene rings is 1. The third-order valence-electron chi connectivity index (χ3n) is 3.01. The minimum atomic E-state index is 0.694. The summed E-state index contributed by atoms with van der Waals surface area (Å²) in [6.45, 7) is 0.791. The summed E-state index contributed by atoms with van der Waals surface area (Å²) in [7, 11) is 0. The van der Waals surface area contributed by atoms with E-state index >= 15 is 0 Å². The van der Waals surface area contributed by atoms with Gasteiger partial charge < -0.3 is 4.90 Å². The lowest BCUT2D eigenvalue weighted by atomic mass is 10.1. The topological polar surface area (TPSA) is 15.6 Å². The van der Waals surface area contributed by atoms with Crippen LogP contribution in [0.15, 0.2) is 35.3 Å². The molecule has 82 valence electrons. The molecule has 1 aromatic carbocycles. The molecule has 0 bridgehead atoms. The van der Waals surface area contributed by atoms with Gasteiger partial charge >= 0.3 is 0 Å². The summed E-state index contributed by atoms with van der Waals surface area (Å²) in [6.07, 6.45) is 6.56. The Labute approximate surface area is 100 Å². The van der Waals surface area contributed by atoms with Crippen LogP contribution >= 0.6 is 11.6 Å². The largest absolute Gasteiger partial charge is 0.349 e. The van der Waals surface area contributed by atoms with Gasteiger partial charge in [-0.05, 0) is 36.6 Å². The Hall–Kier alpha value is -1.28. The second-order valence-corrected chi connectivity index (χ2v) is 4.67. The fourth-order valence-electron chi connectivity index (χ4n) is 2.01. The lowest BCUT2D eigenvalue weighted by molar-refractivity contribution is 0.398. The van der Waals surface area contributed by atoms with E-state index in [0.717, 1.165) is 11.7 Å². The summed E-state index contributed by atoms with van der Waals surface area (Å²) >= 11 is 5.90. The van der Waals surface area contributed by atoms with E-state index in [2.05, 4.69) is 28.1 Å². The van der Waals surface area contributed by atoms with Gasteiger partial charge in [0.15, 0.2) is 0 Å². The van der Waals surface area contributed by atoms with E-state index in [1.54, 1.807) is 0 Å². The van der Waals surface area contributed by atoms with Crippen LogP contribution in [0, 0.1) is 0 Å². The van der Waals surface area contributed by atoms with Crippen LogP contribution in [0.3, 0.4) is 0 Å². The number of hydrogen-bond donors (Lipinski definition) is 0. The van der Waals surface area contributed by atoms with Crippen LogP contribution in [-0.4, -0.2) is 23.8 Å². The maximum absolute atomic E-state index is 5.90. The predicted octanol–water partition coefficient (Wildman–Crippen LogP) is 3.19. The fraction of sp³-hybridized carbons (Fsp3) is 0.308. The molecule has 1 fully saturated rings. The molecule has 3 rings (SSSR count). The van der Waals surface area contributed by atoms with Gasteiger partial charge in [-0.2, -0.15) is 0 Å². The molecular formula is C13H13ClN2. The van der Waals surface area contributed by atoms with Gasteiger partial charge in [0.1, 0.15) is 6.67 Å². The third-order valence-corrected chi connectivity index (χ3v) is 3.26. The molecule has 0 atom stereocenters. The van der Waals surface area contributed by atoms with Gasteiger partial charge in [-0.15, -0.1) is 0 Å². The summed E-state index contributed by atoms with van der Waals surface area (Å²) in [6, 6.07) is 8.72. The highest BCUT2D eigenvalue weighted by molar-refractivity contribution is 6.30. The monoisotopic (exact) mass is 232 g/mol. The fourth-order valence-corrected chi connectivity index (χ4v) is 2.14. The van der Waals surface area contributed by atoms with Crippen molar-refractivity contribution in [3.8, 4) is 0 Å². The molecule has 0 unspecified atom stereocenters. The average Bonchev–Trinajstić information content (AvgIpc) is 3.14. The van der Waals surface area contributed by atoms with Crippen molar-refractivity contribution < 1.29 is 0 Å². The van der Waals surface area contributed by atoms with E-state index in [1.807, 2.05) is 18.3 Å². The highest BCUT2D eigenvalue weighted by atomic mass is 35.5. The zero-order valence-electron chi connectivity index (χ0n) is 8.94. The summed E-state index contributed by atoms with van der Waals surface area (Å²) in [5, 5.41) is 0.784. The smallest absolute Gasteiger partial charge is 0.110 e. The molecule has 0 N–H and O–H groups in total. The maximum Gasteiger partial charge on any atom is 0.110 e. The SMILES string of the molecule is Clc1ccc(C2=CC=NCN2C2CC2)cc1. The predicted molar refractivity (Wildman–Crippen MR) is 67.6 cm³/mol. The van der Waals surface area contributed by atoms with Crippen LogP contribution in [0.1, 0.15) is 18.4 Å². The van der Waals surface area contributed by atoms with E-state index in [0.29, 0.717) is 6.04 Å². The first-order chi connectivity index (χ1) is 7.84. The molecule has 0 saturated heterocycles. The molecule has 2 nitrogen and oxygen atoms in total. The number of halogens is 1. The lowest BCUT2D eigenvalue weighted by Crippen LogP contribution is -2.26. The van der Waals surface area contributed by atoms with Gasteiger partial charge in [-0.3, -0.25) is 4.99 Å². The first-order valence-electron chi connectivity index (χ1n) is 5.57. The number of nitrogens with zero attached hydrogens (tertiary/aromatic N) is 2. The first kappa shape index (κ1) is 9.91. The van der Waals surface area contributed by atoms with Crippen molar-refractivity contribution in [2.24, 2.45) is 4.99 Å². The highest BCUT2D eigenvalue weighted by Gasteiger charge is 2.31. The lowest BCUT2D eigenvalue weighted by Gasteiger charge is -2.27. The molecule has 1 aliphatic carbocycles. The minimum Gasteiger partial charge on any atom is -0.349 e. The van der Waals surface area contributed by atoms with Crippen LogP contribution in [0.2, 0.25) is 5.02 Å². The summed E-state index contributed by atoms with van der Waals surface area (Å²) in [5.74, 6) is 0. The number of allylic oxidation sites excluding steroid dienone is 1. The van der Waals surface area contributed by atoms with Gasteiger partial charge in [0.05, 0.1) is 0 Å². The van der Waals surface area contributed by atoms with Gasteiger partial charge in [0, 0.05) is 23.0 Å². The summed E-state index contributed by atoms with van der Waals surface area (Å²) < 4.78 is 0. The van der Waals surface area contributed by atoms with E-state index < -0.39 is 0 Å². The average molecular weight is 233 g/mol. The van der Waals surface area contributed by atoms with Crippen molar-refractivity contribution in [1.82, 2.24) is 4.90 Å². The van der Waals surface area contributed by atoms with Gasteiger partial charge in [0.2, 0.25) is 0 Å². The first-order valence-corrected chi connectivity index (χ1v) is 5.95. The molecular weight excluding hydrogens is 220 g/mol. The molecule has 0 aromatic heterocycles. The zero-order chi connectivity index (χ0) is 11.0. The van der Waals surface area contributed by atoms with E-state index in [4.69, 9.17) is 11.6 Å². The Morgan fingerprint density at radius 2 is 1.94 bits per heavy atom.